The van der Waals surface area contributed by atoms with E-state index in [1.54, 1.807) is 46.2 Å². The maximum Gasteiger partial charge on any atom is 0.415 e. The summed E-state index contributed by atoms with van der Waals surface area (Å²) in [7, 11) is 0. The van der Waals surface area contributed by atoms with Crippen molar-refractivity contribution in [2.45, 2.75) is 17.1 Å². The van der Waals surface area contributed by atoms with Crippen molar-refractivity contribution in [1.29, 1.82) is 0 Å². The van der Waals surface area contributed by atoms with Gasteiger partial charge in [-0.15, -0.1) is 11.8 Å². The molecule has 2 aromatic rings. The van der Waals surface area contributed by atoms with E-state index in [0.29, 0.717) is 43.2 Å². The molecule has 0 aromatic heterocycles. The number of nitrogens with one attached hydrogen (secondary N) is 1. The number of piperazine rings is 1. The van der Waals surface area contributed by atoms with Crippen LogP contribution in [-0.4, -0.2) is 59.1 Å². The summed E-state index contributed by atoms with van der Waals surface area (Å²) < 4.78 is 5.36. The van der Waals surface area contributed by atoms with Crippen LogP contribution in [0.25, 0.3) is 0 Å². The number of fused-ring (bicyclic) bond motifs is 1. The zero-order chi connectivity index (χ0) is 20.4. The predicted octanol–water partition coefficient (Wildman–Crippen LogP) is 3.08. The molecule has 8 heteroatoms. The van der Waals surface area contributed by atoms with Gasteiger partial charge in [0.25, 0.3) is 5.91 Å². The molecule has 1 saturated heterocycles. The van der Waals surface area contributed by atoms with Crippen LogP contribution in [0.1, 0.15) is 17.3 Å². The molecule has 0 saturated carbocycles. The zero-order valence-corrected chi connectivity index (χ0v) is 16.8. The summed E-state index contributed by atoms with van der Waals surface area (Å²) in [6.45, 7) is 3.53. The molecule has 7 nitrogen and oxygen atoms in total. The Hall–Kier alpha value is -3.00. The fourth-order valence-electron chi connectivity index (χ4n) is 3.27. The Balaban J connectivity index is 1.36. The van der Waals surface area contributed by atoms with E-state index in [9.17, 15) is 14.4 Å². The standard InChI is InChI=1S/C21H21N3O4S/c1-14-19(25)22-17-13-15(7-8-18(17)29-14)20(26)23-9-11-24(12-10-23)21(27)28-16-5-3-2-4-6-16/h2-8,13-14H,9-12H2,1H3,(H,22,25)/t14-/m1/s1. The van der Waals surface area contributed by atoms with Crippen LogP contribution in [0, 0.1) is 0 Å². The Morgan fingerprint density at radius 3 is 2.45 bits per heavy atom. The first kappa shape index (κ1) is 19.3. The summed E-state index contributed by atoms with van der Waals surface area (Å²) in [5.41, 5.74) is 1.20. The normalized spacial score (nSPS) is 18.7. The molecule has 0 unspecified atom stereocenters. The van der Waals surface area contributed by atoms with Gasteiger partial charge in [-0.25, -0.2) is 4.79 Å². The number of carbonyl (C=O) groups is 3. The third kappa shape index (κ3) is 4.22. The van der Waals surface area contributed by atoms with Crippen molar-refractivity contribution >= 4 is 35.4 Å². The van der Waals surface area contributed by atoms with Crippen LogP contribution in [0.2, 0.25) is 0 Å². The number of benzene rings is 2. The maximum atomic E-state index is 12.9. The number of hydrogen-bond donors (Lipinski definition) is 1. The molecule has 0 bridgehead atoms. The Labute approximate surface area is 173 Å². The molecule has 1 N–H and O–H groups in total. The Morgan fingerprint density at radius 2 is 1.72 bits per heavy atom. The van der Waals surface area contributed by atoms with E-state index in [1.807, 2.05) is 19.1 Å². The number of para-hydroxylation sites is 1. The summed E-state index contributed by atoms with van der Waals surface area (Å²) in [6, 6.07) is 14.3. The highest BCUT2D eigenvalue weighted by atomic mass is 32.2. The van der Waals surface area contributed by atoms with Gasteiger partial charge in [0.05, 0.1) is 10.9 Å². The lowest BCUT2D eigenvalue weighted by Gasteiger charge is -2.34. The molecule has 0 aliphatic carbocycles. The van der Waals surface area contributed by atoms with Gasteiger partial charge in [0, 0.05) is 36.6 Å². The lowest BCUT2D eigenvalue weighted by molar-refractivity contribution is -0.115. The number of rotatable bonds is 2. The number of thioether (sulfide) groups is 1. The highest BCUT2D eigenvalue weighted by Crippen LogP contribution is 2.36. The van der Waals surface area contributed by atoms with Crippen molar-refractivity contribution in [2.75, 3.05) is 31.5 Å². The molecule has 2 aliphatic heterocycles. The molecule has 0 spiro atoms. The predicted molar refractivity (Wildman–Crippen MR) is 110 cm³/mol. The molecule has 1 atom stereocenters. The first-order valence-electron chi connectivity index (χ1n) is 9.44. The number of amides is 3. The highest BCUT2D eigenvalue weighted by Gasteiger charge is 2.28. The minimum Gasteiger partial charge on any atom is -0.410 e. The van der Waals surface area contributed by atoms with Gasteiger partial charge in [0.1, 0.15) is 5.75 Å². The number of anilines is 1. The number of hydrogen-bond acceptors (Lipinski definition) is 5. The molecule has 150 valence electrons. The monoisotopic (exact) mass is 411 g/mol. The molecular weight excluding hydrogens is 390 g/mol. The number of nitrogens with zero attached hydrogens (tertiary/aromatic N) is 2. The van der Waals surface area contributed by atoms with Gasteiger partial charge in [-0.2, -0.15) is 0 Å². The quantitative estimate of drug-likeness (QED) is 0.822. The third-order valence-electron chi connectivity index (χ3n) is 4.93. The van der Waals surface area contributed by atoms with Gasteiger partial charge in [0.15, 0.2) is 0 Å². The summed E-state index contributed by atoms with van der Waals surface area (Å²) in [6.07, 6.45) is -0.411. The molecule has 3 amide bonds. The van der Waals surface area contributed by atoms with Gasteiger partial charge in [-0.3, -0.25) is 9.59 Å². The minimum atomic E-state index is -0.411. The van der Waals surface area contributed by atoms with Crippen LogP contribution in [0.3, 0.4) is 0 Å². The third-order valence-corrected chi connectivity index (χ3v) is 6.11. The zero-order valence-electron chi connectivity index (χ0n) is 16.0. The first-order chi connectivity index (χ1) is 14.0. The van der Waals surface area contributed by atoms with Crippen LogP contribution in [0.5, 0.6) is 5.75 Å². The molecule has 2 aliphatic rings. The first-order valence-corrected chi connectivity index (χ1v) is 10.3. The molecule has 4 rings (SSSR count). The highest BCUT2D eigenvalue weighted by molar-refractivity contribution is 8.00. The Morgan fingerprint density at radius 1 is 1.03 bits per heavy atom. The number of ether oxygens (including phenoxy) is 1. The molecule has 2 aromatic carbocycles. The van der Waals surface area contributed by atoms with Gasteiger partial charge >= 0.3 is 6.09 Å². The van der Waals surface area contributed by atoms with Crippen LogP contribution < -0.4 is 10.1 Å². The van der Waals surface area contributed by atoms with E-state index >= 15 is 0 Å². The molecule has 2 heterocycles. The minimum absolute atomic E-state index is 0.0577. The molecule has 29 heavy (non-hydrogen) atoms. The van der Waals surface area contributed by atoms with E-state index < -0.39 is 6.09 Å². The lowest BCUT2D eigenvalue weighted by Crippen LogP contribution is -2.51. The Bertz CT molecular complexity index is 942. The van der Waals surface area contributed by atoms with Crippen molar-refractivity contribution < 1.29 is 19.1 Å². The van der Waals surface area contributed by atoms with Crippen molar-refractivity contribution in [2.24, 2.45) is 0 Å². The molecule has 1 fully saturated rings. The lowest BCUT2D eigenvalue weighted by atomic mass is 10.1. The summed E-state index contributed by atoms with van der Waals surface area (Å²) >= 11 is 1.49. The van der Waals surface area contributed by atoms with Gasteiger partial charge in [-0.05, 0) is 37.3 Å². The topological polar surface area (TPSA) is 79.0 Å². The van der Waals surface area contributed by atoms with E-state index in [2.05, 4.69) is 5.32 Å². The molecule has 0 radical (unpaired) electrons. The van der Waals surface area contributed by atoms with E-state index in [0.717, 1.165) is 4.90 Å². The second kappa shape index (κ2) is 8.16. The maximum absolute atomic E-state index is 12.9. The summed E-state index contributed by atoms with van der Waals surface area (Å²) in [5, 5.41) is 2.71. The van der Waals surface area contributed by atoms with E-state index in [4.69, 9.17) is 4.74 Å². The van der Waals surface area contributed by atoms with Crippen molar-refractivity contribution in [1.82, 2.24) is 9.80 Å². The summed E-state index contributed by atoms with van der Waals surface area (Å²) in [5.74, 6) is 0.332. The van der Waals surface area contributed by atoms with Crippen LogP contribution >= 0.6 is 11.8 Å². The summed E-state index contributed by atoms with van der Waals surface area (Å²) in [4.78, 5) is 41.3. The Kier molecular flexibility index (Phi) is 5.44. The van der Waals surface area contributed by atoms with Crippen LogP contribution in [0.4, 0.5) is 10.5 Å². The van der Waals surface area contributed by atoms with Crippen molar-refractivity contribution in [3.8, 4) is 5.75 Å². The van der Waals surface area contributed by atoms with E-state index in [1.165, 1.54) is 11.8 Å². The number of carbonyl (C=O) groups excluding carboxylic acids is 3. The van der Waals surface area contributed by atoms with Crippen LogP contribution in [-0.2, 0) is 4.79 Å². The smallest absolute Gasteiger partial charge is 0.410 e. The van der Waals surface area contributed by atoms with Crippen LogP contribution in [0.15, 0.2) is 53.4 Å². The average Bonchev–Trinajstić information content (AvgIpc) is 2.74. The molecular formula is C21H21N3O4S. The van der Waals surface area contributed by atoms with Crippen molar-refractivity contribution in [3.05, 3.63) is 54.1 Å². The fraction of sp³-hybridized carbons (Fsp3) is 0.286. The average molecular weight is 411 g/mol. The van der Waals surface area contributed by atoms with Crippen molar-refractivity contribution in [3.63, 3.8) is 0 Å². The largest absolute Gasteiger partial charge is 0.415 e. The second-order valence-electron chi connectivity index (χ2n) is 6.92. The van der Waals surface area contributed by atoms with Gasteiger partial charge in [-0.1, -0.05) is 18.2 Å². The fourth-order valence-corrected chi connectivity index (χ4v) is 4.20. The van der Waals surface area contributed by atoms with Gasteiger partial charge in [0.2, 0.25) is 5.91 Å². The second-order valence-corrected chi connectivity index (χ2v) is 8.30. The SMILES string of the molecule is C[C@H]1Sc2ccc(C(=O)N3CCN(C(=O)Oc4ccccc4)CC3)cc2NC1=O. The van der Waals surface area contributed by atoms with Gasteiger partial charge < -0.3 is 19.9 Å². The van der Waals surface area contributed by atoms with E-state index in [-0.39, 0.29) is 17.1 Å².